The first-order chi connectivity index (χ1) is 11.5. The van der Waals surface area contributed by atoms with Crippen molar-refractivity contribution in [3.05, 3.63) is 47.5 Å². The largest absolute Gasteiger partial charge is 0.505 e. The van der Waals surface area contributed by atoms with Gasteiger partial charge in [0, 0.05) is 11.6 Å². The van der Waals surface area contributed by atoms with Crippen molar-refractivity contribution in [3.8, 4) is 17.2 Å². The van der Waals surface area contributed by atoms with E-state index in [0.29, 0.717) is 11.5 Å². The molecule has 0 bridgehead atoms. The second-order valence-corrected chi connectivity index (χ2v) is 4.75. The molecule has 0 aliphatic carbocycles. The molecule has 126 valence electrons. The van der Waals surface area contributed by atoms with Gasteiger partial charge in [-0.3, -0.25) is 4.79 Å². The Hall–Kier alpha value is -3.22. The molecule has 0 saturated heterocycles. The number of para-hydroxylation sites is 1. The quantitative estimate of drug-likeness (QED) is 0.645. The van der Waals surface area contributed by atoms with E-state index in [1.807, 2.05) is 0 Å². The number of esters is 1. The maximum Gasteiger partial charge on any atom is 0.341 e. The fourth-order valence-electron chi connectivity index (χ4n) is 2.05. The molecule has 0 saturated carbocycles. The Labute approximate surface area is 138 Å². The number of phenols is 1. The van der Waals surface area contributed by atoms with Crippen LogP contribution in [0, 0.1) is 0 Å². The maximum absolute atomic E-state index is 12.4. The van der Waals surface area contributed by atoms with Crippen molar-refractivity contribution < 1.29 is 28.9 Å². The molecule has 0 atom stereocenters. The third-order valence-electron chi connectivity index (χ3n) is 3.30. The molecule has 0 unspecified atom stereocenters. The second kappa shape index (κ2) is 7.36. The van der Waals surface area contributed by atoms with Crippen LogP contribution in [-0.2, 0) is 4.74 Å². The fraction of sp³-hybridized carbons (Fsp3) is 0.176. The van der Waals surface area contributed by atoms with E-state index >= 15 is 0 Å². The van der Waals surface area contributed by atoms with Gasteiger partial charge in [0.2, 0.25) is 0 Å². The Balaban J connectivity index is 2.32. The predicted octanol–water partition coefficient (Wildman–Crippen LogP) is 2.45. The summed E-state index contributed by atoms with van der Waals surface area (Å²) in [5.41, 5.74) is 0.317. The summed E-state index contributed by atoms with van der Waals surface area (Å²) in [5.74, 6) is -0.664. The lowest BCUT2D eigenvalue weighted by atomic mass is 10.1. The Morgan fingerprint density at radius 1 is 1.00 bits per heavy atom. The number of carbonyl (C=O) groups is 2. The lowest BCUT2D eigenvalue weighted by Crippen LogP contribution is -2.13. The minimum atomic E-state index is -0.702. The van der Waals surface area contributed by atoms with Gasteiger partial charge in [-0.25, -0.2) is 4.79 Å². The number of nitrogens with one attached hydrogen (secondary N) is 1. The average Bonchev–Trinajstić information content (AvgIpc) is 2.62. The van der Waals surface area contributed by atoms with Crippen LogP contribution in [0.25, 0.3) is 0 Å². The number of anilines is 1. The monoisotopic (exact) mass is 331 g/mol. The smallest absolute Gasteiger partial charge is 0.341 e. The van der Waals surface area contributed by atoms with E-state index in [9.17, 15) is 14.7 Å². The van der Waals surface area contributed by atoms with Crippen molar-refractivity contribution in [1.29, 1.82) is 0 Å². The molecule has 2 aromatic rings. The zero-order valence-corrected chi connectivity index (χ0v) is 13.5. The van der Waals surface area contributed by atoms with Crippen LogP contribution in [0.15, 0.2) is 36.4 Å². The van der Waals surface area contributed by atoms with E-state index < -0.39 is 11.9 Å². The first-order valence-electron chi connectivity index (χ1n) is 6.95. The second-order valence-electron chi connectivity index (χ2n) is 4.75. The minimum absolute atomic E-state index is 0.0430. The third kappa shape index (κ3) is 3.57. The van der Waals surface area contributed by atoms with Gasteiger partial charge in [-0.05, 0) is 24.3 Å². The molecular weight excluding hydrogens is 314 g/mol. The summed E-state index contributed by atoms with van der Waals surface area (Å²) >= 11 is 0. The Bertz CT molecular complexity index is 749. The van der Waals surface area contributed by atoms with Gasteiger partial charge >= 0.3 is 5.97 Å². The van der Waals surface area contributed by atoms with Crippen molar-refractivity contribution in [2.24, 2.45) is 0 Å². The van der Waals surface area contributed by atoms with Gasteiger partial charge < -0.3 is 24.6 Å². The van der Waals surface area contributed by atoms with Crippen LogP contribution in [0.4, 0.5) is 5.69 Å². The maximum atomic E-state index is 12.4. The van der Waals surface area contributed by atoms with Gasteiger partial charge in [-0.2, -0.15) is 0 Å². The number of amides is 1. The summed E-state index contributed by atoms with van der Waals surface area (Å²) in [6.07, 6.45) is 0. The standard InChI is InChI=1S/C17H17NO6/c1-22-11-7-10(8-12(9-11)23-2)16(20)18-14-6-4-5-13(15(14)19)17(21)24-3/h4-9,19H,1-3H3,(H,18,20). The van der Waals surface area contributed by atoms with Gasteiger partial charge in [-0.1, -0.05) is 6.07 Å². The molecule has 7 nitrogen and oxygen atoms in total. The van der Waals surface area contributed by atoms with E-state index in [4.69, 9.17) is 9.47 Å². The van der Waals surface area contributed by atoms with Gasteiger partial charge in [0.15, 0.2) is 5.75 Å². The average molecular weight is 331 g/mol. The molecule has 0 aromatic heterocycles. The summed E-state index contributed by atoms with van der Waals surface area (Å²) in [5, 5.41) is 12.7. The number of methoxy groups -OCH3 is 3. The number of rotatable bonds is 5. The van der Waals surface area contributed by atoms with E-state index in [0.717, 1.165) is 0 Å². The fourth-order valence-corrected chi connectivity index (χ4v) is 2.05. The van der Waals surface area contributed by atoms with Crippen molar-refractivity contribution in [2.45, 2.75) is 0 Å². The first kappa shape index (κ1) is 17.1. The lowest BCUT2D eigenvalue weighted by Gasteiger charge is -2.11. The zero-order chi connectivity index (χ0) is 17.7. The van der Waals surface area contributed by atoms with E-state index in [-0.39, 0.29) is 22.6 Å². The molecule has 2 aromatic carbocycles. The number of hydrogen-bond acceptors (Lipinski definition) is 6. The number of carbonyl (C=O) groups excluding carboxylic acids is 2. The molecule has 24 heavy (non-hydrogen) atoms. The lowest BCUT2D eigenvalue weighted by molar-refractivity contribution is 0.0597. The molecule has 0 aliphatic rings. The van der Waals surface area contributed by atoms with Crippen molar-refractivity contribution >= 4 is 17.6 Å². The number of ether oxygens (including phenoxy) is 3. The Morgan fingerprint density at radius 2 is 1.62 bits per heavy atom. The first-order valence-corrected chi connectivity index (χ1v) is 6.95. The van der Waals surface area contributed by atoms with Crippen LogP contribution in [0.1, 0.15) is 20.7 Å². The van der Waals surface area contributed by atoms with Crippen LogP contribution in [0.5, 0.6) is 17.2 Å². The number of hydrogen-bond donors (Lipinski definition) is 2. The highest BCUT2D eigenvalue weighted by atomic mass is 16.5. The van der Waals surface area contributed by atoms with Crippen LogP contribution < -0.4 is 14.8 Å². The van der Waals surface area contributed by atoms with E-state index in [1.54, 1.807) is 6.07 Å². The predicted molar refractivity (Wildman–Crippen MR) is 86.9 cm³/mol. The van der Waals surface area contributed by atoms with Crippen molar-refractivity contribution in [3.63, 3.8) is 0 Å². The molecular formula is C17H17NO6. The molecule has 2 N–H and O–H groups in total. The zero-order valence-electron chi connectivity index (χ0n) is 13.5. The minimum Gasteiger partial charge on any atom is -0.505 e. The van der Waals surface area contributed by atoms with Crippen LogP contribution >= 0.6 is 0 Å². The number of aromatic hydroxyl groups is 1. The molecule has 1 amide bonds. The van der Waals surface area contributed by atoms with E-state index in [1.165, 1.54) is 51.7 Å². The highest BCUT2D eigenvalue weighted by Gasteiger charge is 2.17. The van der Waals surface area contributed by atoms with E-state index in [2.05, 4.69) is 10.1 Å². The molecule has 0 aliphatic heterocycles. The van der Waals surface area contributed by atoms with Gasteiger partial charge in [0.1, 0.15) is 17.1 Å². The van der Waals surface area contributed by atoms with Crippen LogP contribution in [0.3, 0.4) is 0 Å². The highest BCUT2D eigenvalue weighted by molar-refractivity contribution is 6.06. The summed E-state index contributed by atoms with van der Waals surface area (Å²) in [6, 6.07) is 9.07. The van der Waals surface area contributed by atoms with Gasteiger partial charge in [-0.15, -0.1) is 0 Å². The Kier molecular flexibility index (Phi) is 5.26. The summed E-state index contributed by atoms with van der Waals surface area (Å²) in [4.78, 5) is 24.0. The normalized spacial score (nSPS) is 9.96. The van der Waals surface area contributed by atoms with Crippen LogP contribution in [-0.4, -0.2) is 38.3 Å². The molecule has 0 heterocycles. The third-order valence-corrected chi connectivity index (χ3v) is 3.30. The summed E-state index contributed by atoms with van der Waals surface area (Å²) in [7, 11) is 4.15. The van der Waals surface area contributed by atoms with Crippen LogP contribution in [0.2, 0.25) is 0 Å². The molecule has 2 rings (SSSR count). The highest BCUT2D eigenvalue weighted by Crippen LogP contribution is 2.29. The SMILES string of the molecule is COC(=O)c1cccc(NC(=O)c2cc(OC)cc(OC)c2)c1O. The summed E-state index contributed by atoms with van der Waals surface area (Å²) in [6.45, 7) is 0. The molecule has 0 radical (unpaired) electrons. The molecule has 0 fully saturated rings. The topological polar surface area (TPSA) is 94.1 Å². The van der Waals surface area contributed by atoms with Gasteiger partial charge in [0.05, 0.1) is 27.0 Å². The van der Waals surface area contributed by atoms with Crippen molar-refractivity contribution in [1.82, 2.24) is 0 Å². The Morgan fingerprint density at radius 3 is 2.17 bits per heavy atom. The molecule has 7 heteroatoms. The van der Waals surface area contributed by atoms with Crippen molar-refractivity contribution in [2.75, 3.05) is 26.6 Å². The van der Waals surface area contributed by atoms with Gasteiger partial charge in [0.25, 0.3) is 5.91 Å². The number of phenolic OH excluding ortho intramolecular Hbond substituents is 1. The number of benzene rings is 2. The summed E-state index contributed by atoms with van der Waals surface area (Å²) < 4.78 is 14.8. The molecule has 0 spiro atoms.